The molecule has 33 heavy (non-hydrogen) atoms. The number of halogens is 2. The first kappa shape index (κ1) is 22.7. The van der Waals surface area contributed by atoms with E-state index >= 15 is 0 Å². The summed E-state index contributed by atoms with van der Waals surface area (Å²) in [5, 5.41) is 9.31. The van der Waals surface area contributed by atoms with Gasteiger partial charge in [0.2, 0.25) is 0 Å². The highest BCUT2D eigenvalue weighted by Gasteiger charge is 2.15. The predicted octanol–water partition coefficient (Wildman–Crippen LogP) is 4.87. The molecule has 4 rings (SSSR count). The van der Waals surface area contributed by atoms with E-state index in [-0.39, 0.29) is 5.69 Å². The molecule has 0 bridgehead atoms. The molecule has 2 N–H and O–H groups in total. The number of amides is 2. The molecule has 0 aliphatic carbocycles. The number of benzene rings is 2. The number of rotatable bonds is 7. The van der Waals surface area contributed by atoms with E-state index in [1.54, 1.807) is 29.1 Å². The van der Waals surface area contributed by atoms with Crippen LogP contribution in [0, 0.1) is 11.6 Å². The van der Waals surface area contributed by atoms with Gasteiger partial charge in [0.1, 0.15) is 24.0 Å². The highest BCUT2D eigenvalue weighted by molar-refractivity contribution is 6.00. The molecule has 174 valence electrons. The first-order chi connectivity index (χ1) is 16.0. The Morgan fingerprint density at radius 1 is 1.06 bits per heavy atom. The van der Waals surface area contributed by atoms with Crippen molar-refractivity contribution in [3.05, 3.63) is 60.3 Å². The molecule has 1 aliphatic rings. The standard InChI is InChI=1S/C24H27F2N5O2/c1-30-22(9-10-27-30)19-16-18(28-24(32)29-21-7-5-17(25)15-20(21)26)6-8-23(19)33-14-13-31-11-3-2-4-12-31/h5-10,15-16H,2-4,11-14H2,1H3,(H2,28,29,32). The summed E-state index contributed by atoms with van der Waals surface area (Å²) in [4.78, 5) is 14.8. The molecule has 1 fully saturated rings. The Balaban J connectivity index is 1.47. The molecule has 0 unspecified atom stereocenters. The molecule has 7 nitrogen and oxygen atoms in total. The van der Waals surface area contributed by atoms with Crippen LogP contribution in [-0.4, -0.2) is 47.0 Å². The summed E-state index contributed by atoms with van der Waals surface area (Å²) < 4.78 is 34.8. The van der Waals surface area contributed by atoms with Gasteiger partial charge in [-0.25, -0.2) is 13.6 Å². The van der Waals surface area contributed by atoms with Crippen LogP contribution in [0.15, 0.2) is 48.7 Å². The SMILES string of the molecule is Cn1nccc1-c1cc(NC(=O)Nc2ccc(F)cc2F)ccc1OCCN1CCCCC1. The number of aromatic nitrogens is 2. The van der Waals surface area contributed by atoms with Gasteiger partial charge in [-0.3, -0.25) is 9.58 Å². The second-order valence-corrected chi connectivity index (χ2v) is 8.01. The van der Waals surface area contributed by atoms with Crippen molar-refractivity contribution in [2.75, 3.05) is 36.9 Å². The Bertz CT molecular complexity index is 1110. The van der Waals surface area contributed by atoms with E-state index in [1.807, 2.05) is 13.1 Å². The lowest BCUT2D eigenvalue weighted by atomic mass is 10.1. The molecule has 2 heterocycles. The minimum absolute atomic E-state index is 0.113. The maximum atomic E-state index is 13.8. The summed E-state index contributed by atoms with van der Waals surface area (Å²) in [5.74, 6) is -0.875. The van der Waals surface area contributed by atoms with Crippen molar-refractivity contribution >= 4 is 17.4 Å². The van der Waals surface area contributed by atoms with Gasteiger partial charge >= 0.3 is 6.03 Å². The van der Waals surface area contributed by atoms with Crippen LogP contribution >= 0.6 is 0 Å². The van der Waals surface area contributed by atoms with E-state index in [0.717, 1.165) is 37.0 Å². The number of carbonyl (C=O) groups excluding carboxylic acids is 1. The predicted molar refractivity (Wildman–Crippen MR) is 123 cm³/mol. The lowest BCUT2D eigenvalue weighted by Crippen LogP contribution is -2.33. The largest absolute Gasteiger partial charge is 0.492 e. The van der Waals surface area contributed by atoms with Crippen LogP contribution in [0.1, 0.15) is 19.3 Å². The first-order valence-corrected chi connectivity index (χ1v) is 11.0. The fraction of sp³-hybridized carbons (Fsp3) is 0.333. The molecule has 2 amide bonds. The van der Waals surface area contributed by atoms with Crippen LogP contribution in [0.25, 0.3) is 11.3 Å². The molecule has 0 atom stereocenters. The third-order valence-electron chi connectivity index (χ3n) is 5.63. The van der Waals surface area contributed by atoms with Gasteiger partial charge in [-0.15, -0.1) is 0 Å². The molecule has 0 radical (unpaired) electrons. The Kier molecular flexibility index (Phi) is 7.19. The maximum absolute atomic E-state index is 13.8. The van der Waals surface area contributed by atoms with Crippen molar-refractivity contribution in [1.29, 1.82) is 0 Å². The molecular formula is C24H27F2N5O2. The lowest BCUT2D eigenvalue weighted by Gasteiger charge is -2.26. The van der Waals surface area contributed by atoms with Gasteiger partial charge in [0.15, 0.2) is 0 Å². The smallest absolute Gasteiger partial charge is 0.323 e. The summed E-state index contributed by atoms with van der Waals surface area (Å²) in [6.07, 6.45) is 5.43. The molecule has 1 saturated heterocycles. The third-order valence-corrected chi connectivity index (χ3v) is 5.63. The van der Waals surface area contributed by atoms with Gasteiger partial charge in [-0.1, -0.05) is 6.42 Å². The number of urea groups is 1. The third kappa shape index (κ3) is 5.87. The average Bonchev–Trinajstić information content (AvgIpc) is 3.23. The van der Waals surface area contributed by atoms with Gasteiger partial charge in [-0.2, -0.15) is 5.10 Å². The normalized spacial score (nSPS) is 14.2. The van der Waals surface area contributed by atoms with Crippen molar-refractivity contribution in [2.45, 2.75) is 19.3 Å². The zero-order chi connectivity index (χ0) is 23.2. The van der Waals surface area contributed by atoms with Gasteiger partial charge < -0.3 is 15.4 Å². The van der Waals surface area contributed by atoms with E-state index in [9.17, 15) is 13.6 Å². The van der Waals surface area contributed by atoms with Crippen LogP contribution < -0.4 is 15.4 Å². The summed E-state index contributed by atoms with van der Waals surface area (Å²) in [5.41, 5.74) is 1.99. The quantitative estimate of drug-likeness (QED) is 0.533. The van der Waals surface area contributed by atoms with E-state index in [2.05, 4.69) is 20.6 Å². The summed E-state index contributed by atoms with van der Waals surface area (Å²) >= 11 is 0. The van der Waals surface area contributed by atoms with Crippen molar-refractivity contribution in [3.8, 4) is 17.0 Å². The highest BCUT2D eigenvalue weighted by Crippen LogP contribution is 2.32. The molecule has 3 aromatic rings. The topological polar surface area (TPSA) is 71.4 Å². The molecular weight excluding hydrogens is 428 g/mol. The van der Waals surface area contributed by atoms with Crippen molar-refractivity contribution in [2.24, 2.45) is 7.05 Å². The number of likely N-dealkylation sites (tertiary alicyclic amines) is 1. The Morgan fingerprint density at radius 3 is 2.61 bits per heavy atom. The number of anilines is 2. The number of carbonyl (C=O) groups is 1. The summed E-state index contributed by atoms with van der Waals surface area (Å²) in [7, 11) is 1.83. The van der Waals surface area contributed by atoms with Crippen molar-refractivity contribution < 1.29 is 18.3 Å². The number of hydrogen-bond donors (Lipinski definition) is 2. The highest BCUT2D eigenvalue weighted by atomic mass is 19.1. The number of aryl methyl sites for hydroxylation is 1. The van der Waals surface area contributed by atoms with Gasteiger partial charge in [0, 0.05) is 37.1 Å². The van der Waals surface area contributed by atoms with E-state index in [1.165, 1.54) is 25.3 Å². The number of piperidine rings is 1. The van der Waals surface area contributed by atoms with E-state index in [4.69, 9.17) is 4.74 Å². The number of ether oxygens (including phenoxy) is 1. The fourth-order valence-corrected chi connectivity index (χ4v) is 3.92. The average molecular weight is 456 g/mol. The van der Waals surface area contributed by atoms with Crippen LogP contribution in [-0.2, 0) is 7.05 Å². The first-order valence-electron chi connectivity index (χ1n) is 11.0. The summed E-state index contributed by atoms with van der Waals surface area (Å²) in [6, 6.07) is 9.49. The van der Waals surface area contributed by atoms with E-state index in [0.29, 0.717) is 24.1 Å². The number of nitrogens with zero attached hydrogens (tertiary/aromatic N) is 3. The van der Waals surface area contributed by atoms with Gasteiger partial charge in [0.05, 0.1) is 11.4 Å². The van der Waals surface area contributed by atoms with Gasteiger partial charge in [-0.05, 0) is 62.3 Å². The lowest BCUT2D eigenvalue weighted by molar-refractivity contribution is 0.183. The minimum Gasteiger partial charge on any atom is -0.492 e. The van der Waals surface area contributed by atoms with Crippen molar-refractivity contribution in [3.63, 3.8) is 0 Å². The van der Waals surface area contributed by atoms with Crippen LogP contribution in [0.2, 0.25) is 0 Å². The molecule has 0 saturated carbocycles. The Morgan fingerprint density at radius 2 is 1.88 bits per heavy atom. The zero-order valence-corrected chi connectivity index (χ0v) is 18.5. The fourth-order valence-electron chi connectivity index (χ4n) is 3.92. The molecule has 9 heteroatoms. The monoisotopic (exact) mass is 455 g/mol. The van der Waals surface area contributed by atoms with Crippen LogP contribution in [0.3, 0.4) is 0 Å². The van der Waals surface area contributed by atoms with E-state index < -0.39 is 17.7 Å². The zero-order valence-electron chi connectivity index (χ0n) is 18.5. The molecule has 0 spiro atoms. The summed E-state index contributed by atoms with van der Waals surface area (Å²) in [6.45, 7) is 3.62. The Hall–Kier alpha value is -3.46. The Labute approximate surface area is 191 Å². The molecule has 1 aliphatic heterocycles. The second-order valence-electron chi connectivity index (χ2n) is 8.01. The second kappa shape index (κ2) is 10.4. The molecule has 2 aromatic carbocycles. The number of nitrogens with one attached hydrogen (secondary N) is 2. The van der Waals surface area contributed by atoms with Gasteiger partial charge in [0.25, 0.3) is 0 Å². The van der Waals surface area contributed by atoms with Crippen LogP contribution in [0.4, 0.5) is 25.0 Å². The van der Waals surface area contributed by atoms with Crippen LogP contribution in [0.5, 0.6) is 5.75 Å². The molecule has 1 aromatic heterocycles. The maximum Gasteiger partial charge on any atom is 0.323 e. The number of hydrogen-bond acceptors (Lipinski definition) is 4. The van der Waals surface area contributed by atoms with Crippen molar-refractivity contribution in [1.82, 2.24) is 14.7 Å². The minimum atomic E-state index is -0.849.